The third-order valence-electron chi connectivity index (χ3n) is 2.32. The van der Waals surface area contributed by atoms with Gasteiger partial charge in [0, 0.05) is 5.41 Å². The molecule has 1 unspecified atom stereocenters. The highest BCUT2D eigenvalue weighted by molar-refractivity contribution is 5.75. The number of carbonyl (C=O) groups excluding carboxylic acids is 1. The van der Waals surface area contributed by atoms with Crippen LogP contribution in [0.5, 0.6) is 0 Å². The van der Waals surface area contributed by atoms with Gasteiger partial charge in [-0.3, -0.25) is 0 Å². The SMILES string of the molecule is CC1(C(=O)[O-])C=CC(OC(F)(F)C(F)F)=CC1. The highest BCUT2D eigenvalue weighted by atomic mass is 19.3. The lowest BCUT2D eigenvalue weighted by molar-refractivity contribution is -0.315. The molecule has 0 aromatic rings. The molecule has 0 fully saturated rings. The van der Waals surface area contributed by atoms with Gasteiger partial charge in [-0.05, 0) is 18.6 Å². The van der Waals surface area contributed by atoms with Gasteiger partial charge in [-0.25, -0.2) is 0 Å². The molecule has 17 heavy (non-hydrogen) atoms. The summed E-state index contributed by atoms with van der Waals surface area (Å²) in [6, 6.07) is 0. The summed E-state index contributed by atoms with van der Waals surface area (Å²) in [5.74, 6) is -1.88. The number of alkyl halides is 4. The lowest BCUT2D eigenvalue weighted by Crippen LogP contribution is -2.39. The Kier molecular flexibility index (Phi) is 3.49. The fourth-order valence-electron chi connectivity index (χ4n) is 1.14. The minimum absolute atomic E-state index is 0.166. The van der Waals surface area contributed by atoms with E-state index >= 15 is 0 Å². The number of carboxylic acid groups (broad SMARTS) is 1. The van der Waals surface area contributed by atoms with Gasteiger partial charge in [-0.15, -0.1) is 0 Å². The molecule has 0 amide bonds. The van der Waals surface area contributed by atoms with Gasteiger partial charge in [0.15, 0.2) is 0 Å². The van der Waals surface area contributed by atoms with Gasteiger partial charge >= 0.3 is 12.5 Å². The molecule has 1 atom stereocenters. The van der Waals surface area contributed by atoms with Crippen LogP contribution in [-0.2, 0) is 9.53 Å². The van der Waals surface area contributed by atoms with Crippen molar-refractivity contribution in [3.8, 4) is 0 Å². The Labute approximate surface area is 94.4 Å². The molecule has 0 bridgehead atoms. The van der Waals surface area contributed by atoms with Crippen LogP contribution < -0.4 is 5.11 Å². The van der Waals surface area contributed by atoms with Crippen LogP contribution in [0.1, 0.15) is 13.3 Å². The summed E-state index contributed by atoms with van der Waals surface area (Å²) in [7, 11) is 0. The second-order valence-corrected chi connectivity index (χ2v) is 3.81. The molecule has 0 saturated carbocycles. The number of hydrogen-bond acceptors (Lipinski definition) is 3. The Morgan fingerprint density at radius 3 is 2.53 bits per heavy atom. The van der Waals surface area contributed by atoms with Crippen molar-refractivity contribution in [1.82, 2.24) is 0 Å². The summed E-state index contributed by atoms with van der Waals surface area (Å²) in [4.78, 5) is 10.7. The van der Waals surface area contributed by atoms with Crippen LogP contribution in [0.3, 0.4) is 0 Å². The zero-order chi connectivity index (χ0) is 13.3. The Hall–Kier alpha value is -1.53. The Balaban J connectivity index is 2.72. The standard InChI is InChI=1S/C10H10F4O3/c1-9(8(15)16)4-2-6(3-5-9)17-10(13,14)7(11)12/h2-4,7H,5H2,1H3,(H,15,16)/p-1. The fourth-order valence-corrected chi connectivity index (χ4v) is 1.14. The molecule has 1 aliphatic rings. The Bertz CT molecular complexity index is 376. The van der Waals surface area contributed by atoms with Crippen LogP contribution in [0.25, 0.3) is 0 Å². The molecule has 96 valence electrons. The first-order valence-electron chi connectivity index (χ1n) is 4.63. The topological polar surface area (TPSA) is 49.4 Å². The minimum atomic E-state index is -4.59. The maximum atomic E-state index is 12.5. The van der Waals surface area contributed by atoms with Crippen molar-refractivity contribution in [1.29, 1.82) is 0 Å². The zero-order valence-electron chi connectivity index (χ0n) is 8.75. The van der Waals surface area contributed by atoms with Crippen LogP contribution in [0, 0.1) is 5.41 Å². The molecule has 1 rings (SSSR count). The molecule has 0 aromatic heterocycles. The van der Waals surface area contributed by atoms with Gasteiger partial charge in [-0.1, -0.05) is 13.0 Å². The van der Waals surface area contributed by atoms with Crippen molar-refractivity contribution in [2.45, 2.75) is 25.9 Å². The first kappa shape index (κ1) is 13.5. The number of ether oxygens (including phenoxy) is 1. The van der Waals surface area contributed by atoms with Gasteiger partial charge in [0.2, 0.25) is 0 Å². The van der Waals surface area contributed by atoms with E-state index in [1.807, 2.05) is 0 Å². The van der Waals surface area contributed by atoms with E-state index in [-0.39, 0.29) is 6.42 Å². The zero-order valence-corrected chi connectivity index (χ0v) is 8.75. The maximum absolute atomic E-state index is 12.5. The summed E-state index contributed by atoms with van der Waals surface area (Å²) in [6.45, 7) is 1.32. The lowest BCUT2D eigenvalue weighted by atomic mass is 9.83. The Morgan fingerprint density at radius 1 is 1.59 bits per heavy atom. The van der Waals surface area contributed by atoms with E-state index < -0.39 is 29.7 Å². The molecule has 0 radical (unpaired) electrons. The fraction of sp³-hybridized carbons (Fsp3) is 0.500. The molecule has 0 saturated heterocycles. The van der Waals surface area contributed by atoms with E-state index in [1.165, 1.54) is 6.92 Å². The first-order chi connectivity index (χ1) is 7.67. The van der Waals surface area contributed by atoms with E-state index in [2.05, 4.69) is 4.74 Å². The average molecular weight is 253 g/mol. The smallest absolute Gasteiger partial charge is 0.461 e. The van der Waals surface area contributed by atoms with Crippen molar-refractivity contribution in [3.05, 3.63) is 24.0 Å². The number of carbonyl (C=O) groups is 1. The van der Waals surface area contributed by atoms with Crippen LogP contribution in [0.2, 0.25) is 0 Å². The van der Waals surface area contributed by atoms with Crippen molar-refractivity contribution in [2.75, 3.05) is 0 Å². The van der Waals surface area contributed by atoms with Gasteiger partial charge in [0.05, 0.1) is 5.97 Å². The van der Waals surface area contributed by atoms with Crippen LogP contribution in [-0.4, -0.2) is 18.5 Å². The highest BCUT2D eigenvalue weighted by Gasteiger charge is 2.44. The van der Waals surface area contributed by atoms with Crippen LogP contribution >= 0.6 is 0 Å². The molecule has 1 aliphatic carbocycles. The van der Waals surface area contributed by atoms with Gasteiger partial charge in [0.25, 0.3) is 0 Å². The summed E-state index contributed by atoms with van der Waals surface area (Å²) in [6.07, 6.45) is -5.72. The van der Waals surface area contributed by atoms with Crippen LogP contribution in [0.4, 0.5) is 17.6 Å². The monoisotopic (exact) mass is 253 g/mol. The molecule has 0 N–H and O–H groups in total. The predicted molar refractivity (Wildman–Crippen MR) is 47.0 cm³/mol. The molecular formula is C10H9F4O3-. The highest BCUT2D eigenvalue weighted by Crippen LogP contribution is 2.33. The van der Waals surface area contributed by atoms with Gasteiger partial charge in [0.1, 0.15) is 5.76 Å². The van der Waals surface area contributed by atoms with E-state index in [0.717, 1.165) is 18.2 Å². The van der Waals surface area contributed by atoms with Crippen molar-refractivity contribution < 1.29 is 32.2 Å². The van der Waals surface area contributed by atoms with E-state index in [9.17, 15) is 27.5 Å². The summed E-state index contributed by atoms with van der Waals surface area (Å²) >= 11 is 0. The predicted octanol–water partition coefficient (Wildman–Crippen LogP) is 1.46. The molecule has 0 spiro atoms. The molecular weight excluding hydrogens is 244 g/mol. The minimum Gasteiger partial charge on any atom is -0.549 e. The lowest BCUT2D eigenvalue weighted by Gasteiger charge is -2.29. The quantitative estimate of drug-likeness (QED) is 0.713. The largest absolute Gasteiger partial charge is 0.549 e. The van der Waals surface area contributed by atoms with Crippen molar-refractivity contribution in [3.63, 3.8) is 0 Å². The third-order valence-corrected chi connectivity index (χ3v) is 2.32. The van der Waals surface area contributed by atoms with E-state index in [4.69, 9.17) is 0 Å². The maximum Gasteiger partial charge on any atom is 0.461 e. The van der Waals surface area contributed by atoms with E-state index in [0.29, 0.717) is 0 Å². The first-order valence-corrected chi connectivity index (χ1v) is 4.63. The molecule has 7 heteroatoms. The third kappa shape index (κ3) is 2.98. The molecule has 3 nitrogen and oxygen atoms in total. The van der Waals surface area contributed by atoms with E-state index in [1.54, 1.807) is 0 Å². The average Bonchev–Trinajstić information content (AvgIpc) is 2.21. The number of hydrogen-bond donors (Lipinski definition) is 0. The summed E-state index contributed by atoms with van der Waals surface area (Å²) < 4.78 is 52.4. The molecule has 0 heterocycles. The second kappa shape index (κ2) is 4.38. The molecule has 0 aromatic carbocycles. The van der Waals surface area contributed by atoms with Gasteiger partial charge < -0.3 is 14.6 Å². The Morgan fingerprint density at radius 2 is 2.18 bits per heavy atom. The van der Waals surface area contributed by atoms with Gasteiger partial charge in [-0.2, -0.15) is 17.6 Å². The number of rotatable bonds is 4. The number of allylic oxidation sites excluding steroid dienone is 2. The summed E-state index contributed by atoms with van der Waals surface area (Å²) in [5.41, 5.74) is -1.34. The number of aliphatic carboxylic acids is 1. The molecule has 0 aliphatic heterocycles. The normalized spacial score (nSPS) is 24.7. The second-order valence-electron chi connectivity index (χ2n) is 3.81. The number of halogens is 4. The van der Waals surface area contributed by atoms with Crippen molar-refractivity contribution in [2.24, 2.45) is 5.41 Å². The number of carboxylic acids is 1. The van der Waals surface area contributed by atoms with Crippen molar-refractivity contribution >= 4 is 5.97 Å². The summed E-state index contributed by atoms with van der Waals surface area (Å²) in [5, 5.41) is 10.7. The van der Waals surface area contributed by atoms with Crippen LogP contribution in [0.15, 0.2) is 24.0 Å².